The van der Waals surface area contributed by atoms with Crippen molar-refractivity contribution in [2.45, 2.75) is 6.61 Å². The monoisotopic (exact) mass is 428 g/mol. The summed E-state index contributed by atoms with van der Waals surface area (Å²) in [6.07, 6.45) is 1.46. The summed E-state index contributed by atoms with van der Waals surface area (Å²) < 4.78 is 11.2. The molecule has 0 heterocycles. The van der Waals surface area contributed by atoms with Gasteiger partial charge in [-0.15, -0.1) is 0 Å². The van der Waals surface area contributed by atoms with Crippen molar-refractivity contribution in [3.05, 3.63) is 95.1 Å². The predicted octanol–water partition coefficient (Wildman–Crippen LogP) is 4.52. The Morgan fingerprint density at radius 1 is 1.03 bits per heavy atom. The molecule has 1 amide bonds. The van der Waals surface area contributed by atoms with E-state index in [-0.39, 0.29) is 17.7 Å². The number of carbonyl (C=O) groups excluding carboxylic acids is 1. The van der Waals surface area contributed by atoms with Crippen molar-refractivity contribution >= 4 is 23.6 Å². The Morgan fingerprint density at radius 3 is 2.50 bits per heavy atom. The molecule has 0 aliphatic carbocycles. The quantitative estimate of drug-likeness (QED) is 0.403. The highest BCUT2D eigenvalue weighted by Crippen LogP contribution is 2.30. The number of amides is 1. The van der Waals surface area contributed by atoms with Crippen LogP contribution >= 0.6 is 0 Å². The Hall–Kier alpha value is -4.57. The summed E-state index contributed by atoms with van der Waals surface area (Å²) in [4.78, 5) is 23.5. The standard InChI is InChI=1S/C25H20N2O5/c1-31-23-14-17(12-20(15-26)24(28)27-21-8-3-2-4-9-21)10-11-22(23)32-16-18-6-5-7-19(13-18)25(29)30/h2-14H,16H2,1H3,(H,27,28)(H,29,30)/b20-12-. The molecule has 2 N–H and O–H groups in total. The second kappa shape index (κ2) is 10.5. The Morgan fingerprint density at radius 2 is 1.81 bits per heavy atom. The normalized spacial score (nSPS) is 10.7. The number of anilines is 1. The van der Waals surface area contributed by atoms with E-state index in [1.165, 1.54) is 25.3 Å². The molecule has 0 bridgehead atoms. The van der Waals surface area contributed by atoms with Gasteiger partial charge in [0.05, 0.1) is 12.7 Å². The summed E-state index contributed by atoms with van der Waals surface area (Å²) in [6.45, 7) is 0.148. The number of benzene rings is 3. The summed E-state index contributed by atoms with van der Waals surface area (Å²) in [7, 11) is 1.48. The molecule has 0 atom stereocenters. The molecule has 0 radical (unpaired) electrons. The van der Waals surface area contributed by atoms with E-state index in [0.29, 0.717) is 28.3 Å². The fraction of sp³-hybridized carbons (Fsp3) is 0.0800. The minimum Gasteiger partial charge on any atom is -0.493 e. The molecule has 0 aliphatic rings. The fourth-order valence-electron chi connectivity index (χ4n) is 2.88. The number of hydrogen-bond donors (Lipinski definition) is 2. The molecule has 32 heavy (non-hydrogen) atoms. The number of ether oxygens (including phenoxy) is 2. The fourth-order valence-corrected chi connectivity index (χ4v) is 2.88. The van der Waals surface area contributed by atoms with E-state index < -0.39 is 11.9 Å². The number of para-hydroxylation sites is 1. The Labute approximate surface area is 185 Å². The van der Waals surface area contributed by atoms with Crippen LogP contribution in [0.3, 0.4) is 0 Å². The van der Waals surface area contributed by atoms with Crippen LogP contribution in [-0.2, 0) is 11.4 Å². The highest BCUT2D eigenvalue weighted by molar-refractivity contribution is 6.09. The van der Waals surface area contributed by atoms with Gasteiger partial charge < -0.3 is 19.9 Å². The van der Waals surface area contributed by atoms with Crippen LogP contribution in [0.4, 0.5) is 5.69 Å². The van der Waals surface area contributed by atoms with Gasteiger partial charge in [-0.05, 0) is 53.6 Å². The lowest BCUT2D eigenvalue weighted by atomic mass is 10.1. The van der Waals surface area contributed by atoms with Crippen molar-refractivity contribution in [2.75, 3.05) is 12.4 Å². The van der Waals surface area contributed by atoms with E-state index >= 15 is 0 Å². The highest BCUT2D eigenvalue weighted by Gasteiger charge is 2.12. The van der Waals surface area contributed by atoms with Gasteiger partial charge in [0.1, 0.15) is 18.2 Å². The zero-order chi connectivity index (χ0) is 22.9. The SMILES string of the molecule is COc1cc(/C=C(/C#N)C(=O)Nc2ccccc2)ccc1OCc1cccc(C(=O)O)c1. The number of hydrogen-bond acceptors (Lipinski definition) is 5. The molecule has 0 aromatic heterocycles. The lowest BCUT2D eigenvalue weighted by Crippen LogP contribution is -2.13. The van der Waals surface area contributed by atoms with Gasteiger partial charge in [-0.2, -0.15) is 5.26 Å². The molecule has 3 aromatic rings. The van der Waals surface area contributed by atoms with E-state index in [4.69, 9.17) is 14.6 Å². The maximum atomic E-state index is 12.4. The largest absolute Gasteiger partial charge is 0.493 e. The van der Waals surface area contributed by atoms with E-state index in [0.717, 1.165) is 0 Å². The number of nitrogens with zero attached hydrogens (tertiary/aromatic N) is 1. The topological polar surface area (TPSA) is 109 Å². The zero-order valence-corrected chi connectivity index (χ0v) is 17.2. The molecule has 0 fully saturated rings. The van der Waals surface area contributed by atoms with Crippen LogP contribution in [0.2, 0.25) is 0 Å². The lowest BCUT2D eigenvalue weighted by molar-refractivity contribution is -0.112. The van der Waals surface area contributed by atoms with Crippen LogP contribution in [0, 0.1) is 11.3 Å². The average molecular weight is 428 g/mol. The number of nitriles is 1. The van der Waals surface area contributed by atoms with Crippen LogP contribution in [0.25, 0.3) is 6.08 Å². The Kier molecular flexibility index (Phi) is 7.23. The summed E-state index contributed by atoms with van der Waals surface area (Å²) in [5.41, 5.74) is 1.99. The maximum Gasteiger partial charge on any atom is 0.335 e. The third-order valence-electron chi connectivity index (χ3n) is 4.46. The molecule has 0 saturated heterocycles. The second-order valence-electron chi connectivity index (χ2n) is 6.69. The molecule has 0 saturated carbocycles. The van der Waals surface area contributed by atoms with Crippen molar-refractivity contribution in [1.29, 1.82) is 5.26 Å². The number of aromatic carboxylic acids is 1. The minimum absolute atomic E-state index is 0.0601. The number of methoxy groups -OCH3 is 1. The minimum atomic E-state index is -1.01. The first-order valence-corrected chi connectivity index (χ1v) is 9.61. The van der Waals surface area contributed by atoms with Crippen molar-refractivity contribution in [2.24, 2.45) is 0 Å². The zero-order valence-electron chi connectivity index (χ0n) is 17.2. The molecular formula is C25H20N2O5. The van der Waals surface area contributed by atoms with Gasteiger partial charge in [-0.25, -0.2) is 4.79 Å². The van der Waals surface area contributed by atoms with Crippen LogP contribution in [0.1, 0.15) is 21.5 Å². The van der Waals surface area contributed by atoms with Gasteiger partial charge in [-0.3, -0.25) is 4.79 Å². The summed E-state index contributed by atoms with van der Waals surface area (Å²) >= 11 is 0. The first kappa shape index (κ1) is 22.1. The molecule has 7 nitrogen and oxygen atoms in total. The van der Waals surface area contributed by atoms with Crippen LogP contribution < -0.4 is 14.8 Å². The predicted molar refractivity (Wildman–Crippen MR) is 119 cm³/mol. The van der Waals surface area contributed by atoms with Gasteiger partial charge in [-0.1, -0.05) is 36.4 Å². The van der Waals surface area contributed by atoms with Crippen LogP contribution in [-0.4, -0.2) is 24.1 Å². The number of carboxylic acid groups (broad SMARTS) is 1. The maximum absolute atomic E-state index is 12.4. The van der Waals surface area contributed by atoms with Crippen molar-refractivity contribution < 1.29 is 24.2 Å². The molecule has 3 rings (SSSR count). The third kappa shape index (κ3) is 5.74. The van der Waals surface area contributed by atoms with Gasteiger partial charge in [0.25, 0.3) is 5.91 Å². The van der Waals surface area contributed by atoms with Gasteiger partial charge in [0, 0.05) is 5.69 Å². The molecule has 0 aliphatic heterocycles. The van der Waals surface area contributed by atoms with Crippen molar-refractivity contribution in [3.63, 3.8) is 0 Å². The second-order valence-corrected chi connectivity index (χ2v) is 6.69. The summed E-state index contributed by atoms with van der Waals surface area (Å²) in [5, 5.41) is 21.2. The summed E-state index contributed by atoms with van der Waals surface area (Å²) in [5.74, 6) is -0.673. The molecule has 7 heteroatoms. The first-order valence-electron chi connectivity index (χ1n) is 9.61. The van der Waals surface area contributed by atoms with Gasteiger partial charge in [0.15, 0.2) is 11.5 Å². The first-order chi connectivity index (χ1) is 15.5. The molecule has 160 valence electrons. The van der Waals surface area contributed by atoms with Crippen LogP contribution in [0.15, 0.2) is 78.4 Å². The number of nitrogens with one attached hydrogen (secondary N) is 1. The highest BCUT2D eigenvalue weighted by atomic mass is 16.5. The van der Waals surface area contributed by atoms with Crippen molar-refractivity contribution in [3.8, 4) is 17.6 Å². The number of carbonyl (C=O) groups is 2. The Balaban J connectivity index is 1.75. The number of rotatable bonds is 8. The number of carboxylic acids is 1. The molecule has 3 aromatic carbocycles. The lowest BCUT2D eigenvalue weighted by Gasteiger charge is -2.12. The Bertz CT molecular complexity index is 1200. The van der Waals surface area contributed by atoms with Gasteiger partial charge in [0.2, 0.25) is 0 Å². The van der Waals surface area contributed by atoms with Crippen molar-refractivity contribution in [1.82, 2.24) is 0 Å². The smallest absolute Gasteiger partial charge is 0.335 e. The third-order valence-corrected chi connectivity index (χ3v) is 4.46. The molecular weight excluding hydrogens is 408 g/mol. The molecule has 0 unspecified atom stereocenters. The van der Waals surface area contributed by atoms with E-state index in [2.05, 4.69) is 5.32 Å². The van der Waals surface area contributed by atoms with E-state index in [9.17, 15) is 14.9 Å². The van der Waals surface area contributed by atoms with Crippen LogP contribution in [0.5, 0.6) is 11.5 Å². The summed E-state index contributed by atoms with van der Waals surface area (Å²) in [6, 6.07) is 22.2. The average Bonchev–Trinajstić information content (AvgIpc) is 2.82. The van der Waals surface area contributed by atoms with E-state index in [1.807, 2.05) is 12.1 Å². The molecule has 0 spiro atoms. The van der Waals surface area contributed by atoms with E-state index in [1.54, 1.807) is 54.6 Å². The van der Waals surface area contributed by atoms with Gasteiger partial charge >= 0.3 is 5.97 Å².